The van der Waals surface area contributed by atoms with Gasteiger partial charge in [0.25, 0.3) is 11.8 Å². The molecule has 4 fully saturated rings. The molecule has 0 aliphatic heterocycles. The van der Waals surface area contributed by atoms with Gasteiger partial charge in [0.05, 0.1) is 20.8 Å². The molecule has 6 rings (SSSR count). The molecule has 208 valence electrons. The zero-order valence-electron chi connectivity index (χ0n) is 19.9. The van der Waals surface area contributed by atoms with Crippen LogP contribution in [0.1, 0.15) is 54.4 Å². The minimum Gasteiger partial charge on any atom is -0.320 e. The molecule has 2 aromatic rings. The van der Waals surface area contributed by atoms with Crippen molar-refractivity contribution in [1.82, 2.24) is 14.8 Å². The lowest BCUT2D eigenvalue weighted by atomic mass is 9.37. The molecular formula is C22H21F8N5O2S. The molecular weight excluding hydrogens is 550 g/mol. The van der Waals surface area contributed by atoms with Crippen LogP contribution in [0.3, 0.4) is 0 Å². The standard InChI is InChI=1S/C22H21F8N5O2S/c1-17(6-20(24,25)7-17)10-35-14(16(36)33-11-3-4-32-12(5-11)38(2,31)37)13(21(26,27)28)15(34-35)18-8-19(23,9-18)22(18,29)30/h3-5,31H,6-10H2,1-2H3,(H,32,33,36). The Hall–Kier alpha value is -2.78. The predicted molar refractivity (Wildman–Crippen MR) is 116 cm³/mol. The van der Waals surface area contributed by atoms with Crippen molar-refractivity contribution in [2.24, 2.45) is 5.41 Å². The Morgan fingerprint density at radius 2 is 1.76 bits per heavy atom. The number of nitrogens with zero attached hydrogens (tertiary/aromatic N) is 3. The zero-order chi connectivity index (χ0) is 28.3. The number of hydrogen-bond acceptors (Lipinski definition) is 5. The summed E-state index contributed by atoms with van der Waals surface area (Å²) in [5.41, 5.74) is -11.2. The lowest BCUT2D eigenvalue weighted by Gasteiger charge is -2.70. The fourth-order valence-electron chi connectivity index (χ4n) is 5.85. The molecule has 4 saturated carbocycles. The molecule has 38 heavy (non-hydrogen) atoms. The second kappa shape index (κ2) is 7.45. The van der Waals surface area contributed by atoms with Gasteiger partial charge in [0, 0.05) is 50.4 Å². The highest BCUT2D eigenvalue weighted by atomic mass is 32.2. The molecule has 1 unspecified atom stereocenters. The largest absolute Gasteiger partial charge is 0.420 e. The summed E-state index contributed by atoms with van der Waals surface area (Å²) in [6.07, 6.45) is -6.61. The monoisotopic (exact) mass is 571 g/mol. The average Bonchev–Trinajstić information content (AvgIpc) is 3.08. The summed E-state index contributed by atoms with van der Waals surface area (Å²) in [6, 6.07) is 2.13. The smallest absolute Gasteiger partial charge is 0.320 e. The van der Waals surface area contributed by atoms with E-state index in [4.69, 9.17) is 4.78 Å². The first-order valence-corrected chi connectivity index (χ1v) is 13.2. The topological polar surface area (TPSA) is 101 Å². The number of aromatic nitrogens is 3. The molecule has 4 aliphatic rings. The highest BCUT2D eigenvalue weighted by Gasteiger charge is 2.92. The maximum absolute atomic E-state index is 14.6. The van der Waals surface area contributed by atoms with E-state index in [0.29, 0.717) is 4.68 Å². The Labute approximate surface area is 211 Å². The predicted octanol–water partition coefficient (Wildman–Crippen LogP) is 5.41. The normalized spacial score (nSPS) is 29.8. The van der Waals surface area contributed by atoms with Crippen LogP contribution in [0.15, 0.2) is 23.4 Å². The van der Waals surface area contributed by atoms with Gasteiger partial charge in [-0.05, 0) is 17.5 Å². The van der Waals surface area contributed by atoms with Gasteiger partial charge in [0.1, 0.15) is 16.3 Å². The summed E-state index contributed by atoms with van der Waals surface area (Å²) in [4.78, 5) is 17.0. The fraction of sp³-hybridized carbons (Fsp3) is 0.591. The number of carbonyl (C=O) groups is 1. The molecule has 0 spiro atoms. The van der Waals surface area contributed by atoms with E-state index in [9.17, 15) is 44.1 Å². The number of amides is 1. The zero-order valence-corrected chi connectivity index (χ0v) is 20.7. The summed E-state index contributed by atoms with van der Waals surface area (Å²) in [7, 11) is -3.37. The van der Waals surface area contributed by atoms with E-state index in [0.717, 1.165) is 24.6 Å². The number of rotatable bonds is 6. The number of hydrogen-bond donors (Lipinski definition) is 2. The summed E-state index contributed by atoms with van der Waals surface area (Å²) >= 11 is 0. The van der Waals surface area contributed by atoms with Crippen LogP contribution in [0.25, 0.3) is 0 Å². The molecule has 0 aromatic carbocycles. The first-order valence-electron chi connectivity index (χ1n) is 11.3. The molecule has 0 saturated heterocycles. The first kappa shape index (κ1) is 26.8. The molecule has 2 N–H and O–H groups in total. The van der Waals surface area contributed by atoms with Crippen LogP contribution >= 0.6 is 0 Å². The third-order valence-corrected chi connectivity index (χ3v) is 8.55. The molecule has 1 amide bonds. The fourth-order valence-corrected chi connectivity index (χ4v) is 6.47. The number of nitrogens with one attached hydrogen (secondary N) is 2. The Bertz CT molecular complexity index is 1450. The van der Waals surface area contributed by atoms with E-state index in [1.165, 1.54) is 6.92 Å². The summed E-state index contributed by atoms with van der Waals surface area (Å²) < 4.78 is 134. The van der Waals surface area contributed by atoms with Crippen LogP contribution in [0, 0.1) is 10.2 Å². The minimum absolute atomic E-state index is 0.204. The van der Waals surface area contributed by atoms with E-state index in [1.807, 2.05) is 0 Å². The van der Waals surface area contributed by atoms with Gasteiger partial charge < -0.3 is 5.32 Å². The van der Waals surface area contributed by atoms with E-state index in [1.54, 1.807) is 0 Å². The van der Waals surface area contributed by atoms with Gasteiger partial charge in [-0.25, -0.2) is 35.9 Å². The Kier molecular flexibility index (Phi) is 5.25. The van der Waals surface area contributed by atoms with Crippen molar-refractivity contribution in [3.8, 4) is 0 Å². The quantitative estimate of drug-likeness (QED) is 0.453. The Morgan fingerprint density at radius 3 is 2.24 bits per heavy atom. The molecule has 1 atom stereocenters. The van der Waals surface area contributed by atoms with Gasteiger partial charge in [-0.3, -0.25) is 9.48 Å². The second-order valence-corrected chi connectivity index (χ2v) is 13.0. The maximum Gasteiger partial charge on any atom is 0.420 e. The molecule has 0 radical (unpaired) electrons. The van der Waals surface area contributed by atoms with E-state index in [2.05, 4.69) is 15.4 Å². The van der Waals surface area contributed by atoms with Crippen LogP contribution in [0.4, 0.5) is 40.8 Å². The van der Waals surface area contributed by atoms with Crippen LogP contribution in [-0.2, 0) is 27.9 Å². The van der Waals surface area contributed by atoms with Crippen LogP contribution in [0.5, 0.6) is 0 Å². The van der Waals surface area contributed by atoms with Gasteiger partial charge in [-0.1, -0.05) is 6.92 Å². The third-order valence-electron chi connectivity index (χ3n) is 7.53. The second-order valence-electron chi connectivity index (χ2n) is 10.9. The van der Waals surface area contributed by atoms with E-state index in [-0.39, 0.29) is 10.7 Å². The van der Waals surface area contributed by atoms with Gasteiger partial charge in [0.2, 0.25) is 5.92 Å². The molecule has 2 aromatic heterocycles. The average molecular weight is 571 g/mol. The molecule has 4 aliphatic carbocycles. The first-order chi connectivity index (χ1) is 17.1. The SMILES string of the molecule is CC1(Cn2nc(C34CC(F)(C3)C4(F)F)c(C(F)(F)F)c2C(=O)Nc2ccnc(S(C)(=N)=O)c2)CC(F)(F)C1. The number of alkyl halides is 8. The highest BCUT2D eigenvalue weighted by Crippen LogP contribution is 2.78. The van der Waals surface area contributed by atoms with Crippen molar-refractivity contribution in [3.05, 3.63) is 35.3 Å². The third kappa shape index (κ3) is 3.72. The number of carbonyl (C=O) groups excluding carboxylic acids is 1. The van der Waals surface area contributed by atoms with Crippen LogP contribution in [0.2, 0.25) is 0 Å². The van der Waals surface area contributed by atoms with Gasteiger partial charge in [-0.2, -0.15) is 18.3 Å². The minimum atomic E-state index is -5.39. The van der Waals surface area contributed by atoms with Crippen LogP contribution < -0.4 is 5.32 Å². The van der Waals surface area contributed by atoms with Crippen molar-refractivity contribution in [2.45, 2.75) is 73.3 Å². The Morgan fingerprint density at radius 1 is 1.16 bits per heavy atom. The van der Waals surface area contributed by atoms with Crippen molar-refractivity contribution in [2.75, 3.05) is 11.6 Å². The number of anilines is 1. The van der Waals surface area contributed by atoms with Gasteiger partial charge in [-0.15, -0.1) is 0 Å². The van der Waals surface area contributed by atoms with Gasteiger partial charge in [0.15, 0.2) is 5.67 Å². The van der Waals surface area contributed by atoms with E-state index >= 15 is 0 Å². The lowest BCUT2D eigenvalue weighted by molar-refractivity contribution is -0.370. The lowest BCUT2D eigenvalue weighted by Crippen LogP contribution is -2.84. The molecule has 16 heteroatoms. The molecule has 2 heterocycles. The van der Waals surface area contributed by atoms with Crippen molar-refractivity contribution in [3.63, 3.8) is 0 Å². The maximum atomic E-state index is 14.6. The van der Waals surface area contributed by atoms with Gasteiger partial charge >= 0.3 is 6.18 Å². The summed E-state index contributed by atoms with van der Waals surface area (Å²) in [5, 5.41) is 5.58. The van der Waals surface area contributed by atoms with Crippen molar-refractivity contribution < 1.29 is 44.1 Å². The molecule has 7 nitrogen and oxygen atoms in total. The number of pyridine rings is 1. The molecule has 2 bridgehead atoms. The van der Waals surface area contributed by atoms with E-state index < -0.39 is 99.3 Å². The van der Waals surface area contributed by atoms with Crippen molar-refractivity contribution >= 4 is 21.3 Å². The van der Waals surface area contributed by atoms with Crippen molar-refractivity contribution in [1.29, 1.82) is 4.78 Å². The number of halogens is 8. The Balaban J connectivity index is 1.62. The summed E-state index contributed by atoms with van der Waals surface area (Å²) in [6.45, 7) is 0.724. The highest BCUT2D eigenvalue weighted by molar-refractivity contribution is 7.91. The van der Waals surface area contributed by atoms with Crippen LogP contribution in [-0.4, -0.2) is 48.7 Å². The summed E-state index contributed by atoms with van der Waals surface area (Å²) in [5.74, 6) is -8.70.